The van der Waals surface area contributed by atoms with Crippen LogP contribution in [0.4, 0.5) is 0 Å². The maximum absolute atomic E-state index is 5.79. The Labute approximate surface area is 109 Å². The maximum atomic E-state index is 5.79. The third kappa shape index (κ3) is 7.19. The average Bonchev–Trinajstić information content (AvgIpc) is 2.33. The Kier molecular flexibility index (Phi) is 9.14. The Balaban J connectivity index is 4.27. The van der Waals surface area contributed by atoms with Crippen LogP contribution in [0.1, 0.15) is 40.0 Å². The summed E-state index contributed by atoms with van der Waals surface area (Å²) >= 11 is 0. The van der Waals surface area contributed by atoms with Crippen molar-refractivity contribution in [1.29, 1.82) is 0 Å². The quantitative estimate of drug-likeness (QED) is 0.485. The van der Waals surface area contributed by atoms with Crippen LogP contribution in [-0.2, 0) is 9.47 Å². The Hall–Kier alpha value is 0.0969. The predicted octanol–water partition coefficient (Wildman–Crippen LogP) is 2.55. The molecule has 17 heavy (non-hydrogen) atoms. The van der Waals surface area contributed by atoms with Gasteiger partial charge in [0.25, 0.3) is 0 Å². The van der Waals surface area contributed by atoms with E-state index in [0.717, 1.165) is 6.54 Å². The van der Waals surface area contributed by atoms with Crippen molar-refractivity contribution in [3.05, 3.63) is 0 Å². The molecule has 0 amide bonds. The Morgan fingerprint density at radius 3 is 2.18 bits per heavy atom. The molecule has 104 valence electrons. The number of nitrogens with two attached hydrogens (primary N) is 1. The zero-order valence-corrected chi connectivity index (χ0v) is 13.4. The van der Waals surface area contributed by atoms with Crippen LogP contribution >= 0.6 is 0 Å². The van der Waals surface area contributed by atoms with Gasteiger partial charge in [0, 0.05) is 14.2 Å². The fourth-order valence-electron chi connectivity index (χ4n) is 2.04. The van der Waals surface area contributed by atoms with Crippen LogP contribution in [0.2, 0.25) is 12.1 Å². The maximum Gasteiger partial charge on any atom is 0.137 e. The molecule has 0 aromatic heterocycles. The molecule has 0 spiro atoms. The predicted molar refractivity (Wildman–Crippen MR) is 76.9 cm³/mol. The van der Waals surface area contributed by atoms with Gasteiger partial charge in [-0.1, -0.05) is 45.7 Å². The third-order valence-corrected chi connectivity index (χ3v) is 7.02. The molecule has 0 aliphatic heterocycles. The highest BCUT2D eigenvalue weighted by Crippen LogP contribution is 2.25. The summed E-state index contributed by atoms with van der Waals surface area (Å²) in [6.07, 6.45) is 3.74. The normalized spacial score (nSPS) is 14.3. The minimum Gasteiger partial charge on any atom is -0.360 e. The molecule has 0 fully saturated rings. The van der Waals surface area contributed by atoms with Crippen molar-refractivity contribution in [2.75, 3.05) is 20.8 Å². The van der Waals surface area contributed by atoms with Gasteiger partial charge in [0.05, 0.1) is 0 Å². The number of hydrogen-bond acceptors (Lipinski definition) is 3. The van der Waals surface area contributed by atoms with Gasteiger partial charge in [-0.25, -0.2) is 0 Å². The second-order valence-corrected chi connectivity index (χ2v) is 8.87. The van der Waals surface area contributed by atoms with E-state index in [1.54, 1.807) is 14.2 Å². The van der Waals surface area contributed by atoms with Crippen molar-refractivity contribution in [3.63, 3.8) is 0 Å². The van der Waals surface area contributed by atoms with Gasteiger partial charge >= 0.3 is 0 Å². The van der Waals surface area contributed by atoms with Crippen molar-refractivity contribution < 1.29 is 9.47 Å². The van der Waals surface area contributed by atoms with Gasteiger partial charge in [-0.15, -0.1) is 0 Å². The van der Waals surface area contributed by atoms with Gasteiger partial charge < -0.3 is 15.2 Å². The van der Waals surface area contributed by atoms with Crippen molar-refractivity contribution >= 4 is 8.80 Å². The van der Waals surface area contributed by atoms with E-state index >= 15 is 0 Å². The minimum atomic E-state index is -0.980. The lowest BCUT2D eigenvalue weighted by molar-refractivity contribution is -0.0477. The summed E-state index contributed by atoms with van der Waals surface area (Å²) in [6.45, 7) is 7.48. The Bertz CT molecular complexity index is 184. The molecule has 3 nitrogen and oxygen atoms in total. The highest BCUT2D eigenvalue weighted by Gasteiger charge is 2.25. The second-order valence-electron chi connectivity index (χ2n) is 5.65. The highest BCUT2D eigenvalue weighted by atomic mass is 28.3. The number of unbranched alkanes of at least 4 members (excludes halogenated alkanes) is 1. The average molecular weight is 261 g/mol. The van der Waals surface area contributed by atoms with Crippen LogP contribution < -0.4 is 5.73 Å². The molecule has 0 bridgehead atoms. The number of rotatable bonds is 10. The fourth-order valence-corrected chi connectivity index (χ4v) is 5.73. The Morgan fingerprint density at radius 1 is 1.18 bits per heavy atom. The van der Waals surface area contributed by atoms with Crippen LogP contribution in [0, 0.1) is 5.41 Å². The summed E-state index contributed by atoms with van der Waals surface area (Å²) in [5.74, 6) is 0.0649. The van der Waals surface area contributed by atoms with Crippen LogP contribution in [0.15, 0.2) is 0 Å². The van der Waals surface area contributed by atoms with Crippen molar-refractivity contribution in [2.24, 2.45) is 11.1 Å². The molecule has 0 aliphatic rings. The molecule has 0 rings (SSSR count). The standard InChI is InChI=1S/C13H31NO2Si/c1-6-7-9-17(12(15-4)16-5)10-8-13(2,3)11-14/h12,17H,6-11,14H2,1-5H3. The monoisotopic (exact) mass is 261 g/mol. The van der Waals surface area contributed by atoms with Crippen LogP contribution in [0.3, 0.4) is 0 Å². The molecular weight excluding hydrogens is 230 g/mol. The van der Waals surface area contributed by atoms with E-state index in [0.29, 0.717) is 0 Å². The Morgan fingerprint density at radius 2 is 1.76 bits per heavy atom. The van der Waals surface area contributed by atoms with Crippen molar-refractivity contribution in [3.8, 4) is 0 Å². The zero-order chi connectivity index (χ0) is 13.3. The first-order valence-electron chi connectivity index (χ1n) is 6.76. The van der Waals surface area contributed by atoms with E-state index in [1.165, 1.54) is 31.4 Å². The fraction of sp³-hybridized carbons (Fsp3) is 1.00. The molecule has 0 saturated heterocycles. The number of ether oxygens (including phenoxy) is 2. The zero-order valence-electron chi connectivity index (χ0n) is 12.3. The number of methoxy groups -OCH3 is 2. The molecule has 2 N–H and O–H groups in total. The summed E-state index contributed by atoms with van der Waals surface area (Å²) in [6, 6.07) is 2.57. The topological polar surface area (TPSA) is 44.5 Å². The molecule has 0 radical (unpaired) electrons. The van der Waals surface area contributed by atoms with Crippen LogP contribution in [0.5, 0.6) is 0 Å². The van der Waals surface area contributed by atoms with Gasteiger partial charge in [0.1, 0.15) is 14.7 Å². The molecule has 0 aromatic carbocycles. The summed E-state index contributed by atoms with van der Waals surface area (Å²) < 4.78 is 10.9. The second kappa shape index (κ2) is 9.08. The summed E-state index contributed by atoms with van der Waals surface area (Å²) in [7, 11) is 2.54. The van der Waals surface area contributed by atoms with E-state index in [1.807, 2.05) is 0 Å². The van der Waals surface area contributed by atoms with Crippen LogP contribution in [-0.4, -0.2) is 35.5 Å². The summed E-state index contributed by atoms with van der Waals surface area (Å²) in [4.78, 5) is 0. The molecule has 0 aliphatic carbocycles. The SMILES string of the molecule is CCCC[SiH](CCC(C)(C)CN)C(OC)OC. The van der Waals surface area contributed by atoms with E-state index < -0.39 is 8.80 Å². The van der Waals surface area contributed by atoms with E-state index in [2.05, 4.69) is 20.8 Å². The van der Waals surface area contributed by atoms with Crippen molar-refractivity contribution in [1.82, 2.24) is 0 Å². The van der Waals surface area contributed by atoms with Gasteiger partial charge in [-0.05, 0) is 18.4 Å². The smallest absolute Gasteiger partial charge is 0.137 e. The first-order chi connectivity index (χ1) is 8.00. The first-order valence-corrected chi connectivity index (χ1v) is 9.06. The largest absolute Gasteiger partial charge is 0.360 e. The molecule has 0 heterocycles. The lowest BCUT2D eigenvalue weighted by atomic mass is 9.91. The molecule has 4 heteroatoms. The lowest BCUT2D eigenvalue weighted by Gasteiger charge is -2.28. The van der Waals surface area contributed by atoms with Gasteiger partial charge in [-0.3, -0.25) is 0 Å². The van der Waals surface area contributed by atoms with E-state index in [-0.39, 0.29) is 11.3 Å². The van der Waals surface area contributed by atoms with Gasteiger partial charge in [-0.2, -0.15) is 0 Å². The molecule has 1 atom stereocenters. The molecule has 0 saturated carbocycles. The first kappa shape index (κ1) is 17.1. The summed E-state index contributed by atoms with van der Waals surface area (Å²) in [5, 5.41) is 0. The minimum absolute atomic E-state index is 0.0649. The van der Waals surface area contributed by atoms with Gasteiger partial charge in [0.2, 0.25) is 0 Å². The van der Waals surface area contributed by atoms with Crippen molar-refractivity contribution in [2.45, 2.75) is 58.0 Å². The highest BCUT2D eigenvalue weighted by molar-refractivity contribution is 6.59. The number of hydrogen-bond donors (Lipinski definition) is 1. The summed E-state index contributed by atoms with van der Waals surface area (Å²) in [5.41, 5.74) is 6.04. The molecule has 0 aromatic rings. The van der Waals surface area contributed by atoms with Crippen LogP contribution in [0.25, 0.3) is 0 Å². The third-order valence-electron chi connectivity index (χ3n) is 3.52. The van der Waals surface area contributed by atoms with E-state index in [9.17, 15) is 0 Å². The molecule has 1 unspecified atom stereocenters. The van der Waals surface area contributed by atoms with E-state index in [4.69, 9.17) is 15.2 Å². The molecular formula is C13H31NO2Si. The van der Waals surface area contributed by atoms with Gasteiger partial charge in [0.15, 0.2) is 0 Å². The lowest BCUT2D eigenvalue weighted by Crippen LogP contribution is -2.36.